The molecule has 4 heteroatoms. The van der Waals surface area contributed by atoms with Crippen LogP contribution in [0.3, 0.4) is 0 Å². The van der Waals surface area contributed by atoms with Crippen molar-refractivity contribution in [1.29, 1.82) is 0 Å². The SMILES string of the molecule is CCCN(Cc1ccc(OC)cc1F)CC1CCNCC1. The van der Waals surface area contributed by atoms with E-state index < -0.39 is 0 Å². The quantitative estimate of drug-likeness (QED) is 0.836. The second-order valence-corrected chi connectivity index (χ2v) is 5.89. The van der Waals surface area contributed by atoms with Crippen molar-refractivity contribution in [1.82, 2.24) is 10.2 Å². The van der Waals surface area contributed by atoms with Crippen LogP contribution in [0.5, 0.6) is 5.75 Å². The summed E-state index contributed by atoms with van der Waals surface area (Å²) in [5, 5.41) is 3.40. The van der Waals surface area contributed by atoms with Gasteiger partial charge in [0.2, 0.25) is 0 Å². The zero-order chi connectivity index (χ0) is 15.1. The first-order valence-electron chi connectivity index (χ1n) is 7.98. The summed E-state index contributed by atoms with van der Waals surface area (Å²) in [5.41, 5.74) is 0.762. The van der Waals surface area contributed by atoms with Gasteiger partial charge >= 0.3 is 0 Å². The molecular weight excluding hydrogens is 267 g/mol. The molecule has 1 saturated heterocycles. The Morgan fingerprint density at radius 3 is 2.71 bits per heavy atom. The third-order valence-electron chi connectivity index (χ3n) is 4.17. The number of halogens is 1. The Bertz CT molecular complexity index is 433. The molecule has 1 aromatic rings. The maximum Gasteiger partial charge on any atom is 0.131 e. The maximum absolute atomic E-state index is 14.1. The summed E-state index contributed by atoms with van der Waals surface area (Å²) in [5.74, 6) is 1.15. The number of piperidine rings is 1. The van der Waals surface area contributed by atoms with E-state index in [0.717, 1.165) is 44.1 Å². The van der Waals surface area contributed by atoms with Gasteiger partial charge in [0, 0.05) is 24.7 Å². The lowest BCUT2D eigenvalue weighted by atomic mass is 9.97. The topological polar surface area (TPSA) is 24.5 Å². The lowest BCUT2D eigenvalue weighted by molar-refractivity contribution is 0.197. The van der Waals surface area contributed by atoms with Gasteiger partial charge in [-0.2, -0.15) is 0 Å². The molecular formula is C17H27FN2O. The number of ether oxygens (including phenoxy) is 1. The van der Waals surface area contributed by atoms with E-state index in [4.69, 9.17) is 4.74 Å². The molecule has 0 spiro atoms. The molecule has 2 rings (SSSR count). The van der Waals surface area contributed by atoms with Crippen LogP contribution in [0.15, 0.2) is 18.2 Å². The summed E-state index contributed by atoms with van der Waals surface area (Å²) in [6.07, 6.45) is 3.55. The minimum Gasteiger partial charge on any atom is -0.497 e. The standard InChI is InChI=1S/C17H27FN2O/c1-3-10-20(12-14-6-8-19-9-7-14)13-15-4-5-16(21-2)11-17(15)18/h4-5,11,14,19H,3,6-10,12-13H2,1-2H3. The molecule has 0 radical (unpaired) electrons. The van der Waals surface area contributed by atoms with Gasteiger partial charge in [0.25, 0.3) is 0 Å². The first-order chi connectivity index (χ1) is 10.2. The Balaban J connectivity index is 1.97. The van der Waals surface area contributed by atoms with E-state index in [1.165, 1.54) is 18.9 Å². The van der Waals surface area contributed by atoms with E-state index in [1.807, 2.05) is 12.1 Å². The van der Waals surface area contributed by atoms with Crippen molar-refractivity contribution in [3.63, 3.8) is 0 Å². The van der Waals surface area contributed by atoms with Gasteiger partial charge in [-0.05, 0) is 50.9 Å². The van der Waals surface area contributed by atoms with Crippen LogP contribution in [0.2, 0.25) is 0 Å². The van der Waals surface area contributed by atoms with E-state index in [-0.39, 0.29) is 5.82 Å². The fraction of sp³-hybridized carbons (Fsp3) is 0.647. The van der Waals surface area contributed by atoms with Crippen LogP contribution in [-0.2, 0) is 6.54 Å². The van der Waals surface area contributed by atoms with Gasteiger partial charge in [-0.3, -0.25) is 4.90 Å². The molecule has 0 aromatic heterocycles. The van der Waals surface area contributed by atoms with Gasteiger partial charge in [0.1, 0.15) is 11.6 Å². The normalized spacial score (nSPS) is 16.4. The molecule has 1 fully saturated rings. The average Bonchev–Trinajstić information content (AvgIpc) is 2.50. The van der Waals surface area contributed by atoms with Crippen LogP contribution in [0, 0.1) is 11.7 Å². The van der Waals surface area contributed by atoms with E-state index in [9.17, 15) is 4.39 Å². The van der Waals surface area contributed by atoms with Gasteiger partial charge in [-0.15, -0.1) is 0 Å². The third kappa shape index (κ3) is 4.97. The van der Waals surface area contributed by atoms with Gasteiger partial charge in [0.05, 0.1) is 7.11 Å². The molecule has 0 amide bonds. The van der Waals surface area contributed by atoms with Crippen molar-refractivity contribution in [2.75, 3.05) is 33.3 Å². The highest BCUT2D eigenvalue weighted by atomic mass is 19.1. The predicted octanol–water partition coefficient (Wildman–Crippen LogP) is 3.05. The number of nitrogens with one attached hydrogen (secondary N) is 1. The number of nitrogens with zero attached hydrogens (tertiary/aromatic N) is 1. The number of hydrogen-bond acceptors (Lipinski definition) is 3. The van der Waals surface area contributed by atoms with Crippen LogP contribution in [0.25, 0.3) is 0 Å². The summed E-state index contributed by atoms with van der Waals surface area (Å²) >= 11 is 0. The lowest BCUT2D eigenvalue weighted by Crippen LogP contribution is -2.36. The fourth-order valence-corrected chi connectivity index (χ4v) is 3.00. The summed E-state index contributed by atoms with van der Waals surface area (Å²) in [6.45, 7) is 7.19. The molecule has 1 aliphatic rings. The zero-order valence-corrected chi connectivity index (χ0v) is 13.2. The summed E-state index contributed by atoms with van der Waals surface area (Å²) in [7, 11) is 1.56. The predicted molar refractivity (Wildman–Crippen MR) is 84.1 cm³/mol. The second kappa shape index (κ2) is 8.35. The van der Waals surface area contributed by atoms with Gasteiger partial charge in [-0.25, -0.2) is 4.39 Å². The Hall–Kier alpha value is -1.13. The molecule has 1 aromatic carbocycles. The molecule has 21 heavy (non-hydrogen) atoms. The smallest absolute Gasteiger partial charge is 0.131 e. The van der Waals surface area contributed by atoms with Crippen molar-refractivity contribution in [3.8, 4) is 5.75 Å². The highest BCUT2D eigenvalue weighted by Gasteiger charge is 2.18. The van der Waals surface area contributed by atoms with Crippen molar-refractivity contribution in [3.05, 3.63) is 29.6 Å². The molecule has 1 aliphatic heterocycles. The first-order valence-corrected chi connectivity index (χ1v) is 7.98. The highest BCUT2D eigenvalue weighted by molar-refractivity contribution is 5.28. The Morgan fingerprint density at radius 2 is 2.10 bits per heavy atom. The van der Waals surface area contributed by atoms with Crippen LogP contribution >= 0.6 is 0 Å². The lowest BCUT2D eigenvalue weighted by Gasteiger charge is -2.30. The van der Waals surface area contributed by atoms with Crippen LogP contribution in [0.4, 0.5) is 4.39 Å². The average molecular weight is 294 g/mol. The fourth-order valence-electron chi connectivity index (χ4n) is 3.00. The van der Waals surface area contributed by atoms with Crippen molar-refractivity contribution >= 4 is 0 Å². The molecule has 0 unspecified atom stereocenters. The minimum atomic E-state index is -0.166. The largest absolute Gasteiger partial charge is 0.497 e. The van der Waals surface area contributed by atoms with Crippen LogP contribution < -0.4 is 10.1 Å². The molecule has 118 valence electrons. The maximum atomic E-state index is 14.1. The van der Waals surface area contributed by atoms with Crippen molar-refractivity contribution < 1.29 is 9.13 Å². The second-order valence-electron chi connectivity index (χ2n) is 5.89. The molecule has 1 N–H and O–H groups in total. The van der Waals surface area contributed by atoms with Crippen LogP contribution in [-0.4, -0.2) is 38.2 Å². The molecule has 3 nitrogen and oxygen atoms in total. The Kier molecular flexibility index (Phi) is 6.46. The molecule has 0 saturated carbocycles. The number of rotatable bonds is 7. The molecule has 0 bridgehead atoms. The van der Waals surface area contributed by atoms with Crippen molar-refractivity contribution in [2.24, 2.45) is 5.92 Å². The first kappa shape index (κ1) is 16.2. The van der Waals surface area contributed by atoms with E-state index >= 15 is 0 Å². The van der Waals surface area contributed by atoms with Crippen molar-refractivity contribution in [2.45, 2.75) is 32.7 Å². The summed E-state index contributed by atoms with van der Waals surface area (Å²) < 4.78 is 19.2. The summed E-state index contributed by atoms with van der Waals surface area (Å²) in [6, 6.07) is 5.16. The van der Waals surface area contributed by atoms with Gasteiger partial charge < -0.3 is 10.1 Å². The molecule has 0 atom stereocenters. The summed E-state index contributed by atoms with van der Waals surface area (Å²) in [4.78, 5) is 2.39. The van der Waals surface area contributed by atoms with Gasteiger partial charge in [0.15, 0.2) is 0 Å². The van der Waals surface area contributed by atoms with E-state index in [1.54, 1.807) is 7.11 Å². The third-order valence-corrected chi connectivity index (χ3v) is 4.17. The minimum absolute atomic E-state index is 0.166. The zero-order valence-electron chi connectivity index (χ0n) is 13.2. The monoisotopic (exact) mass is 294 g/mol. The Labute approximate surface area is 127 Å². The highest BCUT2D eigenvalue weighted by Crippen LogP contribution is 2.20. The van der Waals surface area contributed by atoms with Gasteiger partial charge in [-0.1, -0.05) is 13.0 Å². The van der Waals surface area contributed by atoms with E-state index in [0.29, 0.717) is 12.3 Å². The number of benzene rings is 1. The molecule has 0 aliphatic carbocycles. The number of hydrogen-bond donors (Lipinski definition) is 1. The number of methoxy groups -OCH3 is 1. The molecule has 1 heterocycles. The van der Waals surface area contributed by atoms with Crippen LogP contribution in [0.1, 0.15) is 31.7 Å². The Morgan fingerprint density at radius 1 is 1.33 bits per heavy atom. The van der Waals surface area contributed by atoms with E-state index in [2.05, 4.69) is 17.1 Å².